The molecule has 0 unspecified atom stereocenters. The summed E-state index contributed by atoms with van der Waals surface area (Å²) in [5, 5.41) is 2.84. The highest BCUT2D eigenvalue weighted by Gasteiger charge is 2.11. The fourth-order valence-electron chi connectivity index (χ4n) is 2.82. The molecule has 29 heavy (non-hydrogen) atoms. The maximum absolute atomic E-state index is 12.4. The van der Waals surface area contributed by atoms with E-state index in [1.165, 1.54) is 0 Å². The summed E-state index contributed by atoms with van der Waals surface area (Å²) in [6.07, 6.45) is 2.50. The highest BCUT2D eigenvalue weighted by Crippen LogP contribution is 2.28. The van der Waals surface area contributed by atoms with Gasteiger partial charge >= 0.3 is 0 Å². The van der Waals surface area contributed by atoms with Crippen molar-refractivity contribution in [2.75, 3.05) is 19.5 Å². The molecule has 0 aliphatic carbocycles. The maximum Gasteiger partial charge on any atom is 0.225 e. The molecule has 1 amide bonds. The molecule has 6 heteroatoms. The fraction of sp³-hybridized carbons (Fsp3) is 0.217. The third-order valence-electron chi connectivity index (χ3n) is 4.35. The van der Waals surface area contributed by atoms with E-state index in [0.717, 1.165) is 11.1 Å². The van der Waals surface area contributed by atoms with E-state index in [1.54, 1.807) is 32.5 Å². The Morgan fingerprint density at radius 1 is 0.897 bits per heavy atom. The van der Waals surface area contributed by atoms with Gasteiger partial charge in [0.1, 0.15) is 6.61 Å². The maximum atomic E-state index is 12.4. The smallest absolute Gasteiger partial charge is 0.225 e. The van der Waals surface area contributed by atoms with Crippen molar-refractivity contribution in [3.63, 3.8) is 0 Å². The average Bonchev–Trinajstić information content (AvgIpc) is 2.77. The van der Waals surface area contributed by atoms with Crippen LogP contribution in [-0.2, 0) is 17.8 Å². The summed E-state index contributed by atoms with van der Waals surface area (Å²) >= 11 is 0. The van der Waals surface area contributed by atoms with Gasteiger partial charge in [0, 0.05) is 12.6 Å². The van der Waals surface area contributed by atoms with Crippen LogP contribution in [0.25, 0.3) is 0 Å². The summed E-state index contributed by atoms with van der Waals surface area (Å²) < 4.78 is 16.4. The molecule has 0 aliphatic rings. The Labute approximate surface area is 170 Å². The fourth-order valence-corrected chi connectivity index (χ4v) is 2.82. The zero-order chi connectivity index (χ0) is 20.5. The Morgan fingerprint density at radius 3 is 2.45 bits per heavy atom. The van der Waals surface area contributed by atoms with Crippen LogP contribution in [0, 0.1) is 0 Å². The second-order valence-corrected chi connectivity index (χ2v) is 6.36. The SMILES string of the molecule is COc1ccc(CCC(=O)Nc2ncccc2OCc2ccccc2)cc1OC. The second-order valence-electron chi connectivity index (χ2n) is 6.36. The zero-order valence-corrected chi connectivity index (χ0v) is 16.6. The Balaban J connectivity index is 1.58. The largest absolute Gasteiger partial charge is 0.493 e. The molecule has 2 aromatic carbocycles. The first-order valence-corrected chi connectivity index (χ1v) is 9.32. The number of methoxy groups -OCH3 is 2. The number of aromatic nitrogens is 1. The Kier molecular flexibility index (Phi) is 7.05. The van der Waals surface area contributed by atoms with E-state index in [1.807, 2.05) is 48.5 Å². The van der Waals surface area contributed by atoms with Crippen LogP contribution < -0.4 is 19.5 Å². The lowest BCUT2D eigenvalue weighted by atomic mass is 10.1. The second kappa shape index (κ2) is 10.1. The number of hydrogen-bond donors (Lipinski definition) is 1. The third kappa shape index (κ3) is 5.72. The molecule has 150 valence electrons. The summed E-state index contributed by atoms with van der Waals surface area (Å²) in [7, 11) is 3.18. The number of ether oxygens (including phenoxy) is 3. The van der Waals surface area contributed by atoms with E-state index >= 15 is 0 Å². The number of anilines is 1. The summed E-state index contributed by atoms with van der Waals surface area (Å²) in [4.78, 5) is 16.7. The molecular formula is C23H24N2O4. The number of nitrogens with one attached hydrogen (secondary N) is 1. The van der Waals surface area contributed by atoms with E-state index in [9.17, 15) is 4.79 Å². The predicted molar refractivity (Wildman–Crippen MR) is 112 cm³/mol. The molecule has 3 rings (SSSR count). The Bertz CT molecular complexity index is 945. The van der Waals surface area contributed by atoms with Gasteiger partial charge in [0.15, 0.2) is 23.1 Å². The van der Waals surface area contributed by atoms with Gasteiger partial charge in [-0.25, -0.2) is 4.98 Å². The molecule has 1 heterocycles. The van der Waals surface area contributed by atoms with Crippen LogP contribution in [0.2, 0.25) is 0 Å². The molecule has 0 saturated carbocycles. The van der Waals surface area contributed by atoms with E-state index in [-0.39, 0.29) is 5.91 Å². The minimum atomic E-state index is -0.136. The zero-order valence-electron chi connectivity index (χ0n) is 16.6. The van der Waals surface area contributed by atoms with Gasteiger partial charge in [-0.05, 0) is 41.8 Å². The van der Waals surface area contributed by atoms with E-state index < -0.39 is 0 Å². The van der Waals surface area contributed by atoms with Crippen molar-refractivity contribution in [1.82, 2.24) is 4.98 Å². The number of carbonyl (C=O) groups is 1. The van der Waals surface area contributed by atoms with Gasteiger partial charge in [-0.2, -0.15) is 0 Å². The van der Waals surface area contributed by atoms with Crippen LogP contribution in [0.3, 0.4) is 0 Å². The first-order valence-electron chi connectivity index (χ1n) is 9.32. The lowest BCUT2D eigenvalue weighted by molar-refractivity contribution is -0.116. The van der Waals surface area contributed by atoms with Crippen LogP contribution >= 0.6 is 0 Å². The number of aryl methyl sites for hydroxylation is 1. The Morgan fingerprint density at radius 2 is 1.69 bits per heavy atom. The quantitative estimate of drug-likeness (QED) is 0.590. The Hall–Kier alpha value is -3.54. The predicted octanol–water partition coefficient (Wildman–Crippen LogP) is 4.25. The molecule has 0 radical (unpaired) electrons. The van der Waals surface area contributed by atoms with Gasteiger partial charge in [0.2, 0.25) is 5.91 Å². The number of benzene rings is 2. The van der Waals surface area contributed by atoms with Crippen LogP contribution in [0.1, 0.15) is 17.5 Å². The topological polar surface area (TPSA) is 69.7 Å². The van der Waals surface area contributed by atoms with E-state index in [2.05, 4.69) is 10.3 Å². The molecule has 1 N–H and O–H groups in total. The average molecular weight is 392 g/mol. The van der Waals surface area contributed by atoms with Crippen molar-refractivity contribution in [2.45, 2.75) is 19.4 Å². The molecule has 0 atom stereocenters. The molecular weight excluding hydrogens is 368 g/mol. The number of nitrogens with zero attached hydrogens (tertiary/aromatic N) is 1. The van der Waals surface area contributed by atoms with Gasteiger partial charge in [-0.15, -0.1) is 0 Å². The van der Waals surface area contributed by atoms with Crippen molar-refractivity contribution in [2.24, 2.45) is 0 Å². The number of amides is 1. The lowest BCUT2D eigenvalue weighted by Crippen LogP contribution is -2.14. The molecule has 6 nitrogen and oxygen atoms in total. The van der Waals surface area contributed by atoms with Gasteiger partial charge < -0.3 is 19.5 Å². The summed E-state index contributed by atoms with van der Waals surface area (Å²) in [6.45, 7) is 0.404. The number of carbonyl (C=O) groups excluding carboxylic acids is 1. The van der Waals surface area contributed by atoms with Crippen molar-refractivity contribution in [3.05, 3.63) is 78.0 Å². The third-order valence-corrected chi connectivity index (χ3v) is 4.35. The standard InChI is InChI=1S/C23H24N2O4/c1-27-19-12-10-17(15-21(19)28-2)11-13-22(26)25-23-20(9-6-14-24-23)29-16-18-7-4-3-5-8-18/h3-10,12,14-15H,11,13,16H2,1-2H3,(H,24,25,26). The van der Waals surface area contributed by atoms with Crippen molar-refractivity contribution < 1.29 is 19.0 Å². The molecule has 0 aliphatic heterocycles. The monoisotopic (exact) mass is 392 g/mol. The van der Waals surface area contributed by atoms with Crippen LogP contribution in [0.15, 0.2) is 66.9 Å². The first kappa shape index (κ1) is 20.2. The summed E-state index contributed by atoms with van der Waals surface area (Å²) in [5.41, 5.74) is 2.03. The van der Waals surface area contributed by atoms with Crippen molar-refractivity contribution in [1.29, 1.82) is 0 Å². The number of rotatable bonds is 9. The van der Waals surface area contributed by atoms with Crippen molar-refractivity contribution in [3.8, 4) is 17.2 Å². The lowest BCUT2D eigenvalue weighted by Gasteiger charge is -2.12. The minimum absolute atomic E-state index is 0.136. The normalized spacial score (nSPS) is 10.3. The molecule has 1 aromatic heterocycles. The molecule has 3 aromatic rings. The van der Waals surface area contributed by atoms with Crippen molar-refractivity contribution >= 4 is 11.7 Å². The highest BCUT2D eigenvalue weighted by molar-refractivity contribution is 5.91. The van der Waals surface area contributed by atoms with E-state index in [0.29, 0.717) is 42.5 Å². The van der Waals surface area contributed by atoms with Crippen LogP contribution in [-0.4, -0.2) is 25.1 Å². The van der Waals surface area contributed by atoms with Gasteiger partial charge in [-0.3, -0.25) is 4.79 Å². The molecule has 0 fully saturated rings. The van der Waals surface area contributed by atoms with Gasteiger partial charge in [-0.1, -0.05) is 36.4 Å². The van der Waals surface area contributed by atoms with Crippen LogP contribution in [0.5, 0.6) is 17.2 Å². The van der Waals surface area contributed by atoms with Crippen LogP contribution in [0.4, 0.5) is 5.82 Å². The summed E-state index contributed by atoms with van der Waals surface area (Å²) in [5.74, 6) is 2.13. The minimum Gasteiger partial charge on any atom is -0.493 e. The highest BCUT2D eigenvalue weighted by atomic mass is 16.5. The summed E-state index contributed by atoms with van der Waals surface area (Å²) in [6, 6.07) is 19.0. The molecule has 0 spiro atoms. The van der Waals surface area contributed by atoms with E-state index in [4.69, 9.17) is 14.2 Å². The molecule has 0 bridgehead atoms. The number of pyridine rings is 1. The van der Waals surface area contributed by atoms with Gasteiger partial charge in [0.25, 0.3) is 0 Å². The number of hydrogen-bond acceptors (Lipinski definition) is 5. The molecule has 0 saturated heterocycles. The van der Waals surface area contributed by atoms with Gasteiger partial charge in [0.05, 0.1) is 14.2 Å². The first-order chi connectivity index (χ1) is 14.2.